The van der Waals surface area contributed by atoms with Crippen molar-refractivity contribution in [2.75, 3.05) is 13.2 Å². The van der Waals surface area contributed by atoms with Gasteiger partial charge in [-0.2, -0.15) is 0 Å². The maximum absolute atomic E-state index is 12.2. The average molecular weight is 442 g/mol. The molecule has 1 unspecified atom stereocenters. The van der Waals surface area contributed by atoms with Gasteiger partial charge in [-0.25, -0.2) is 0 Å². The Morgan fingerprint density at radius 2 is 1.90 bits per heavy atom. The molecule has 30 heavy (non-hydrogen) atoms. The van der Waals surface area contributed by atoms with Gasteiger partial charge < -0.3 is 15.2 Å². The van der Waals surface area contributed by atoms with Crippen LogP contribution >= 0.6 is 23.2 Å². The number of hydrogen-bond acceptors (Lipinski definition) is 3. The maximum Gasteiger partial charge on any atom is 0.251 e. The minimum absolute atomic E-state index is 0.0880. The number of fused-ring (bicyclic) bond motifs is 1. The van der Waals surface area contributed by atoms with Gasteiger partial charge in [-0.1, -0.05) is 47.5 Å². The lowest BCUT2D eigenvalue weighted by Gasteiger charge is -2.17. The third kappa shape index (κ3) is 4.46. The highest BCUT2D eigenvalue weighted by Crippen LogP contribution is 2.39. The van der Waals surface area contributed by atoms with Crippen LogP contribution in [-0.4, -0.2) is 24.2 Å². The molecule has 1 aliphatic rings. The predicted molar refractivity (Wildman–Crippen MR) is 119 cm³/mol. The van der Waals surface area contributed by atoms with Crippen molar-refractivity contribution in [3.63, 3.8) is 0 Å². The Labute approximate surface area is 185 Å². The van der Waals surface area contributed by atoms with Gasteiger partial charge in [-0.05, 0) is 71.5 Å². The van der Waals surface area contributed by atoms with Gasteiger partial charge in [0.25, 0.3) is 5.91 Å². The number of hydrogen-bond donors (Lipinski definition) is 2. The molecule has 4 nitrogen and oxygen atoms in total. The minimum atomic E-state index is -0.203. The van der Waals surface area contributed by atoms with E-state index in [4.69, 9.17) is 33.0 Å². The fraction of sp³-hybridized carbons (Fsp3) is 0.208. The quantitative estimate of drug-likeness (QED) is 0.534. The number of aryl methyl sites for hydroxylation is 1. The molecule has 1 amide bonds. The topological polar surface area (TPSA) is 58.6 Å². The molecular formula is C24H21Cl2NO3. The van der Waals surface area contributed by atoms with Crippen LogP contribution in [0.2, 0.25) is 10.0 Å². The summed E-state index contributed by atoms with van der Waals surface area (Å²) in [4.78, 5) is 12.2. The average Bonchev–Trinajstić information content (AvgIpc) is 3.16. The third-order valence-electron chi connectivity index (χ3n) is 5.19. The van der Waals surface area contributed by atoms with Crippen LogP contribution in [0.4, 0.5) is 0 Å². The number of benzene rings is 3. The van der Waals surface area contributed by atoms with Crippen molar-refractivity contribution in [1.82, 2.24) is 5.32 Å². The molecule has 3 aromatic carbocycles. The Bertz CT molecular complexity index is 1080. The van der Waals surface area contributed by atoms with E-state index in [-0.39, 0.29) is 25.2 Å². The summed E-state index contributed by atoms with van der Waals surface area (Å²) in [5.74, 6) is 0.414. The zero-order valence-electron chi connectivity index (χ0n) is 16.2. The minimum Gasteiger partial charge on any atom is -0.484 e. The van der Waals surface area contributed by atoms with Crippen LogP contribution in [0.15, 0.2) is 60.7 Å². The largest absolute Gasteiger partial charge is 0.484 e. The van der Waals surface area contributed by atoms with E-state index in [0.29, 0.717) is 21.4 Å². The molecule has 1 atom stereocenters. The highest BCUT2D eigenvalue weighted by atomic mass is 35.5. The van der Waals surface area contributed by atoms with Crippen molar-refractivity contribution in [3.05, 3.63) is 87.4 Å². The molecule has 1 aliphatic carbocycles. The number of carbonyl (C=O) groups excluding carboxylic acids is 1. The van der Waals surface area contributed by atoms with E-state index < -0.39 is 0 Å². The Hall–Kier alpha value is -2.53. The lowest BCUT2D eigenvalue weighted by molar-refractivity contribution is 0.0945. The van der Waals surface area contributed by atoms with Crippen LogP contribution in [0.1, 0.15) is 34.0 Å². The number of aliphatic hydroxyl groups is 1. The molecule has 0 bridgehead atoms. The van der Waals surface area contributed by atoms with Crippen molar-refractivity contribution in [2.45, 2.75) is 18.9 Å². The first-order valence-electron chi connectivity index (χ1n) is 9.79. The summed E-state index contributed by atoms with van der Waals surface area (Å²) in [7, 11) is 0. The van der Waals surface area contributed by atoms with Crippen LogP contribution in [-0.2, 0) is 6.42 Å². The van der Waals surface area contributed by atoms with E-state index in [1.54, 1.807) is 24.3 Å². The summed E-state index contributed by atoms with van der Waals surface area (Å²) >= 11 is 12.3. The van der Waals surface area contributed by atoms with E-state index in [9.17, 15) is 4.79 Å². The maximum atomic E-state index is 12.2. The van der Waals surface area contributed by atoms with Crippen molar-refractivity contribution in [2.24, 2.45) is 0 Å². The smallest absolute Gasteiger partial charge is 0.251 e. The molecule has 2 N–H and O–H groups in total. The SMILES string of the molecule is O=C(NCCO)c1cccc(-c2ccc3c(c2)C(Oc2ccc(Cl)cc2Cl)CC3)c1. The predicted octanol–water partition coefficient (Wildman–Crippen LogP) is 5.45. The third-order valence-corrected chi connectivity index (χ3v) is 5.72. The van der Waals surface area contributed by atoms with Gasteiger partial charge in [-0.15, -0.1) is 0 Å². The van der Waals surface area contributed by atoms with Gasteiger partial charge in [0, 0.05) is 17.1 Å². The molecule has 0 aromatic heterocycles. The summed E-state index contributed by atoms with van der Waals surface area (Å²) in [6, 6.07) is 19.0. The van der Waals surface area contributed by atoms with Crippen molar-refractivity contribution >= 4 is 29.1 Å². The molecule has 0 radical (unpaired) electrons. The number of ether oxygens (including phenoxy) is 1. The zero-order chi connectivity index (χ0) is 21.1. The summed E-state index contributed by atoms with van der Waals surface area (Å²) < 4.78 is 6.21. The van der Waals surface area contributed by atoms with Gasteiger partial charge in [0.05, 0.1) is 11.6 Å². The number of carbonyl (C=O) groups is 1. The fourth-order valence-corrected chi connectivity index (χ4v) is 4.15. The molecule has 154 valence electrons. The lowest BCUT2D eigenvalue weighted by Crippen LogP contribution is -2.26. The summed E-state index contributed by atoms with van der Waals surface area (Å²) in [5, 5.41) is 12.7. The molecule has 0 saturated carbocycles. The number of rotatable bonds is 6. The van der Waals surface area contributed by atoms with Gasteiger partial charge in [-0.3, -0.25) is 4.79 Å². The highest BCUT2D eigenvalue weighted by molar-refractivity contribution is 6.35. The molecule has 0 saturated heterocycles. The van der Waals surface area contributed by atoms with Gasteiger partial charge >= 0.3 is 0 Å². The normalized spacial score (nSPS) is 15.0. The Morgan fingerprint density at radius 3 is 2.70 bits per heavy atom. The van der Waals surface area contributed by atoms with E-state index >= 15 is 0 Å². The van der Waals surface area contributed by atoms with Gasteiger partial charge in [0.2, 0.25) is 0 Å². The van der Waals surface area contributed by atoms with Crippen LogP contribution in [0.25, 0.3) is 11.1 Å². The number of aliphatic hydroxyl groups excluding tert-OH is 1. The zero-order valence-corrected chi connectivity index (χ0v) is 17.7. The molecular weight excluding hydrogens is 421 g/mol. The first-order chi connectivity index (χ1) is 14.5. The van der Waals surface area contributed by atoms with E-state index in [2.05, 4.69) is 23.5 Å². The monoisotopic (exact) mass is 441 g/mol. The Morgan fingerprint density at radius 1 is 1.07 bits per heavy atom. The summed E-state index contributed by atoms with van der Waals surface area (Å²) in [6.07, 6.45) is 1.73. The fourth-order valence-electron chi connectivity index (χ4n) is 3.70. The second kappa shape index (κ2) is 9.09. The van der Waals surface area contributed by atoms with E-state index in [0.717, 1.165) is 29.5 Å². The molecule has 0 fully saturated rings. The molecule has 0 heterocycles. The Kier molecular flexibility index (Phi) is 6.28. The van der Waals surface area contributed by atoms with Gasteiger partial charge in [0.1, 0.15) is 11.9 Å². The number of amides is 1. The molecule has 4 rings (SSSR count). The van der Waals surface area contributed by atoms with Gasteiger partial charge in [0.15, 0.2) is 0 Å². The number of nitrogens with one attached hydrogen (secondary N) is 1. The summed E-state index contributed by atoms with van der Waals surface area (Å²) in [6.45, 7) is 0.142. The molecule has 3 aromatic rings. The van der Waals surface area contributed by atoms with Crippen molar-refractivity contribution < 1.29 is 14.6 Å². The van der Waals surface area contributed by atoms with E-state index in [1.807, 2.05) is 18.2 Å². The van der Waals surface area contributed by atoms with Crippen LogP contribution < -0.4 is 10.1 Å². The summed E-state index contributed by atoms with van der Waals surface area (Å²) in [5.41, 5.74) is 4.91. The lowest BCUT2D eigenvalue weighted by atomic mass is 9.98. The highest BCUT2D eigenvalue weighted by Gasteiger charge is 2.25. The second-order valence-electron chi connectivity index (χ2n) is 7.19. The van der Waals surface area contributed by atoms with Crippen LogP contribution in [0, 0.1) is 0 Å². The van der Waals surface area contributed by atoms with Crippen molar-refractivity contribution in [1.29, 1.82) is 0 Å². The second-order valence-corrected chi connectivity index (χ2v) is 8.04. The van der Waals surface area contributed by atoms with Crippen LogP contribution in [0.5, 0.6) is 5.75 Å². The van der Waals surface area contributed by atoms with Crippen molar-refractivity contribution in [3.8, 4) is 16.9 Å². The number of halogens is 2. The van der Waals surface area contributed by atoms with E-state index in [1.165, 1.54) is 5.56 Å². The molecule has 6 heteroatoms. The molecule has 0 spiro atoms. The first kappa shape index (κ1) is 20.7. The standard InChI is InChI=1S/C24H21Cl2NO3/c25-19-7-9-23(21(26)14-19)30-22-8-6-15-4-5-17(13-20(15)22)16-2-1-3-18(12-16)24(29)27-10-11-28/h1-5,7,9,12-14,22,28H,6,8,10-11H2,(H,27,29). The Balaban J connectivity index is 1.60. The van der Waals surface area contributed by atoms with Crippen LogP contribution in [0.3, 0.4) is 0 Å². The molecule has 0 aliphatic heterocycles. The first-order valence-corrected chi connectivity index (χ1v) is 10.5.